The van der Waals surface area contributed by atoms with Gasteiger partial charge in [-0.15, -0.1) is 0 Å². The third-order valence-electron chi connectivity index (χ3n) is 12.3. The van der Waals surface area contributed by atoms with Crippen molar-refractivity contribution in [2.75, 3.05) is 6.61 Å². The van der Waals surface area contributed by atoms with E-state index >= 15 is 0 Å². The quantitative estimate of drug-likeness (QED) is 0.523. The molecule has 190 valence electrons. The minimum Gasteiger partial charge on any atom is -0.478 e. The Labute approximate surface area is 204 Å². The van der Waals surface area contributed by atoms with Crippen molar-refractivity contribution in [2.45, 2.75) is 104 Å². The van der Waals surface area contributed by atoms with Gasteiger partial charge in [0.25, 0.3) is 0 Å². The summed E-state index contributed by atoms with van der Waals surface area (Å²) in [6, 6.07) is 0. The van der Waals surface area contributed by atoms with Gasteiger partial charge in [-0.1, -0.05) is 33.8 Å². The van der Waals surface area contributed by atoms with E-state index in [1.807, 2.05) is 6.08 Å². The summed E-state index contributed by atoms with van der Waals surface area (Å²) in [7, 11) is 0. The van der Waals surface area contributed by atoms with E-state index in [1.54, 1.807) is 6.92 Å². The van der Waals surface area contributed by atoms with E-state index in [-0.39, 0.29) is 39.8 Å². The van der Waals surface area contributed by atoms with Crippen molar-refractivity contribution in [1.29, 1.82) is 0 Å². The van der Waals surface area contributed by atoms with Gasteiger partial charge in [-0.05, 0) is 86.9 Å². The van der Waals surface area contributed by atoms with Crippen LogP contribution in [0.5, 0.6) is 0 Å². The fourth-order valence-electron chi connectivity index (χ4n) is 10.2. The minimum absolute atomic E-state index is 0.0205. The number of rotatable bonds is 5. The maximum atomic E-state index is 14.3. The Bertz CT molecular complexity index is 910. The Balaban J connectivity index is 1.43. The number of fused-ring (bicyclic) bond motifs is 2. The van der Waals surface area contributed by atoms with E-state index in [1.165, 1.54) is 6.42 Å². The average molecular weight is 473 g/mol. The van der Waals surface area contributed by atoms with Crippen LogP contribution in [0.3, 0.4) is 0 Å². The lowest BCUT2D eigenvalue weighted by molar-refractivity contribution is -0.191. The summed E-state index contributed by atoms with van der Waals surface area (Å²) in [6.45, 7) is 11.6. The zero-order chi connectivity index (χ0) is 24.7. The molecule has 1 saturated heterocycles. The maximum absolute atomic E-state index is 14.3. The zero-order valence-electron chi connectivity index (χ0n) is 21.7. The number of carbonyl (C=O) groups is 2. The van der Waals surface area contributed by atoms with Crippen molar-refractivity contribution in [3.63, 3.8) is 0 Å². The summed E-state index contributed by atoms with van der Waals surface area (Å²) in [4.78, 5) is 25.4. The Morgan fingerprint density at radius 2 is 1.88 bits per heavy atom. The topological polar surface area (TPSA) is 83.8 Å². The number of hydrogen-bond donors (Lipinski definition) is 2. The number of aliphatic carboxylic acids is 1. The smallest absolute Gasteiger partial charge is 0.330 e. The summed E-state index contributed by atoms with van der Waals surface area (Å²) < 4.78 is 6.64. The van der Waals surface area contributed by atoms with Crippen molar-refractivity contribution >= 4 is 11.8 Å². The zero-order valence-corrected chi connectivity index (χ0v) is 21.7. The minimum atomic E-state index is -0.840. The van der Waals surface area contributed by atoms with Crippen LogP contribution in [-0.2, 0) is 14.3 Å². The fourth-order valence-corrected chi connectivity index (χ4v) is 10.2. The first-order chi connectivity index (χ1) is 15.9. The third-order valence-corrected chi connectivity index (χ3v) is 12.3. The predicted octanol–water partition coefficient (Wildman–Crippen LogP) is 5.40. The van der Waals surface area contributed by atoms with E-state index < -0.39 is 5.97 Å². The highest BCUT2D eigenvalue weighted by molar-refractivity contribution is 5.89. The van der Waals surface area contributed by atoms with Gasteiger partial charge in [0, 0.05) is 23.8 Å². The van der Waals surface area contributed by atoms with Crippen LogP contribution >= 0.6 is 0 Å². The molecule has 2 N–H and O–H groups in total. The predicted molar refractivity (Wildman–Crippen MR) is 130 cm³/mol. The van der Waals surface area contributed by atoms with Crippen LogP contribution in [0.25, 0.3) is 0 Å². The molecule has 0 radical (unpaired) electrons. The van der Waals surface area contributed by atoms with E-state index in [9.17, 15) is 14.7 Å². The first kappa shape index (κ1) is 24.5. The molecule has 5 fully saturated rings. The van der Waals surface area contributed by atoms with Crippen LogP contribution in [0.15, 0.2) is 11.6 Å². The van der Waals surface area contributed by atoms with Crippen molar-refractivity contribution in [3.05, 3.63) is 11.6 Å². The molecule has 0 amide bonds. The number of aliphatic hydroxyl groups is 1. The molecule has 1 heterocycles. The molecular weight excluding hydrogens is 428 g/mol. The molecule has 5 heteroatoms. The van der Waals surface area contributed by atoms with Gasteiger partial charge < -0.3 is 14.9 Å². The van der Waals surface area contributed by atoms with E-state index in [0.29, 0.717) is 42.1 Å². The number of hydrogen-bond acceptors (Lipinski definition) is 4. The van der Waals surface area contributed by atoms with Crippen molar-refractivity contribution in [3.8, 4) is 0 Å². The molecule has 5 rings (SSSR count). The van der Waals surface area contributed by atoms with Crippen LogP contribution < -0.4 is 0 Å². The van der Waals surface area contributed by atoms with Crippen LogP contribution in [0, 0.1) is 45.8 Å². The van der Waals surface area contributed by atoms with Crippen LogP contribution in [0.2, 0.25) is 0 Å². The van der Waals surface area contributed by atoms with E-state index in [2.05, 4.69) is 27.7 Å². The molecule has 0 unspecified atom stereocenters. The summed E-state index contributed by atoms with van der Waals surface area (Å²) in [5.74, 6) is 1.25. The van der Waals surface area contributed by atoms with Crippen molar-refractivity contribution in [1.82, 2.24) is 0 Å². The second-order valence-corrected chi connectivity index (χ2v) is 13.2. The summed E-state index contributed by atoms with van der Waals surface area (Å²) >= 11 is 0. The molecule has 34 heavy (non-hydrogen) atoms. The van der Waals surface area contributed by atoms with Gasteiger partial charge in [0.05, 0.1) is 23.7 Å². The number of ether oxygens (including phenoxy) is 1. The lowest BCUT2D eigenvalue weighted by atomic mass is 9.37. The highest BCUT2D eigenvalue weighted by Gasteiger charge is 2.77. The van der Waals surface area contributed by atoms with Gasteiger partial charge in [0.2, 0.25) is 0 Å². The van der Waals surface area contributed by atoms with E-state index in [0.717, 1.165) is 44.9 Å². The van der Waals surface area contributed by atoms with Crippen LogP contribution in [-0.4, -0.2) is 40.3 Å². The standard InChI is InChI=1S/C29H44O5/c1-17(7-6-8-18(2)25(32)33)20-11-13-26(4)22-12-14-29-19(3)21(30)9-10-23(29)28(22,16-34-29)24(31)15-27(20,26)5/h8,17,19-23,30H,6-7,9-16H2,1-5H3,(H,32,33)/b18-8+/t17-,19-,20+,21-,22-,23-,26-,27+,28-,29-/m0/s1. The SMILES string of the molecule is C/C(=C\CC[C@H](C)[C@H]1CC[C@@]2(C)[C@@H]3CC[C@@]45OC[C@@]3(C(=O)C[C@]12C)[C@@H]4CC[C@H](O)[C@@H]5C)C(=O)O. The number of allylic oxidation sites excluding steroid dienone is 1. The highest BCUT2D eigenvalue weighted by Crippen LogP contribution is 2.77. The number of carbonyl (C=O) groups excluding carboxylic acids is 1. The van der Waals surface area contributed by atoms with E-state index in [4.69, 9.17) is 9.84 Å². The summed E-state index contributed by atoms with van der Waals surface area (Å²) in [5, 5.41) is 19.8. The Hall–Kier alpha value is -1.20. The first-order valence-electron chi connectivity index (χ1n) is 13.7. The lowest BCUT2D eigenvalue weighted by Gasteiger charge is -2.64. The van der Waals surface area contributed by atoms with Gasteiger partial charge in [0.15, 0.2) is 0 Å². The van der Waals surface area contributed by atoms with Crippen LogP contribution in [0.4, 0.5) is 0 Å². The van der Waals surface area contributed by atoms with Crippen molar-refractivity contribution in [2.24, 2.45) is 45.8 Å². The molecule has 0 aromatic rings. The molecular formula is C29H44O5. The lowest BCUT2D eigenvalue weighted by Crippen LogP contribution is -2.67. The molecule has 4 aliphatic carbocycles. The molecule has 1 spiro atoms. The number of aliphatic hydroxyl groups excluding tert-OH is 1. The summed E-state index contributed by atoms with van der Waals surface area (Å²) in [5.41, 5.74) is -0.157. The molecule has 0 aromatic carbocycles. The Morgan fingerprint density at radius 3 is 2.59 bits per heavy atom. The number of carboxylic acid groups (broad SMARTS) is 1. The third kappa shape index (κ3) is 2.92. The highest BCUT2D eigenvalue weighted by atomic mass is 16.5. The maximum Gasteiger partial charge on any atom is 0.330 e. The largest absolute Gasteiger partial charge is 0.478 e. The molecule has 1 aliphatic heterocycles. The number of carboxylic acids is 1. The number of ketones is 1. The summed E-state index contributed by atoms with van der Waals surface area (Å²) in [6.07, 6.45) is 9.95. The second-order valence-electron chi connectivity index (χ2n) is 13.2. The second kappa shape index (κ2) is 7.90. The van der Waals surface area contributed by atoms with Crippen LogP contribution in [0.1, 0.15) is 92.4 Å². The number of Topliss-reactive ketones (excluding diaryl/α,β-unsaturated/α-hetero) is 1. The molecule has 5 aliphatic rings. The van der Waals surface area contributed by atoms with Gasteiger partial charge in [-0.3, -0.25) is 4.79 Å². The van der Waals surface area contributed by atoms with Gasteiger partial charge in [-0.2, -0.15) is 0 Å². The van der Waals surface area contributed by atoms with Gasteiger partial charge >= 0.3 is 5.97 Å². The molecule has 4 saturated carbocycles. The molecule has 2 bridgehead atoms. The first-order valence-corrected chi connectivity index (χ1v) is 13.7. The van der Waals surface area contributed by atoms with Gasteiger partial charge in [0.1, 0.15) is 5.78 Å². The Morgan fingerprint density at radius 1 is 1.15 bits per heavy atom. The molecule has 0 aromatic heterocycles. The normalized spacial score (nSPS) is 50.9. The monoisotopic (exact) mass is 472 g/mol. The fraction of sp³-hybridized carbons (Fsp3) is 0.862. The molecule has 10 atom stereocenters. The average Bonchev–Trinajstić information content (AvgIpc) is 3.18. The molecule has 5 nitrogen and oxygen atoms in total. The van der Waals surface area contributed by atoms with Gasteiger partial charge in [-0.25, -0.2) is 4.79 Å². The Kier molecular flexibility index (Phi) is 5.69. The van der Waals surface area contributed by atoms with Crippen molar-refractivity contribution < 1.29 is 24.5 Å².